The van der Waals surface area contributed by atoms with Crippen molar-refractivity contribution in [3.05, 3.63) is 65.2 Å². The van der Waals surface area contributed by atoms with Crippen molar-refractivity contribution in [2.24, 2.45) is 5.73 Å². The van der Waals surface area contributed by atoms with Crippen molar-refractivity contribution < 1.29 is 4.74 Å². The number of rotatable bonds is 5. The summed E-state index contributed by atoms with van der Waals surface area (Å²) in [5.41, 5.74) is 9.48. The minimum absolute atomic E-state index is 0.0654. The number of aryl methyl sites for hydroxylation is 1. The molecule has 0 saturated carbocycles. The Morgan fingerprint density at radius 3 is 2.05 bits per heavy atom. The number of hydrogen-bond donors (Lipinski definition) is 1. The minimum Gasteiger partial charge on any atom is -0.489 e. The maximum Gasteiger partial charge on any atom is 0.119 e. The number of benzene rings is 2. The molecule has 0 aliphatic heterocycles. The van der Waals surface area contributed by atoms with E-state index in [9.17, 15) is 0 Å². The summed E-state index contributed by atoms with van der Waals surface area (Å²) in [4.78, 5) is 0. The fourth-order valence-corrected chi connectivity index (χ4v) is 1.91. The predicted molar refractivity (Wildman–Crippen MR) is 79.2 cm³/mol. The fraction of sp³-hybridized carbons (Fsp3) is 0.294. The molecule has 2 heteroatoms. The second kappa shape index (κ2) is 6.39. The van der Waals surface area contributed by atoms with Crippen LogP contribution in [0.25, 0.3) is 0 Å². The summed E-state index contributed by atoms with van der Waals surface area (Å²) < 4.78 is 5.76. The van der Waals surface area contributed by atoms with Crippen molar-refractivity contribution in [2.45, 2.75) is 32.9 Å². The first-order valence-electron chi connectivity index (χ1n) is 6.75. The standard InChI is InChI=1S/C17H21NO/c1-3-14-4-6-15(7-5-14)12-19-17-10-8-16(9-11-17)13(2)18/h4-11,13H,3,12,18H2,1-2H3/t13-/m0/s1. The summed E-state index contributed by atoms with van der Waals surface area (Å²) in [6.45, 7) is 4.73. The molecule has 2 aromatic carbocycles. The lowest BCUT2D eigenvalue weighted by molar-refractivity contribution is 0.306. The highest BCUT2D eigenvalue weighted by Gasteiger charge is 2.00. The van der Waals surface area contributed by atoms with Gasteiger partial charge in [0.1, 0.15) is 12.4 Å². The normalized spacial score (nSPS) is 12.2. The lowest BCUT2D eigenvalue weighted by Crippen LogP contribution is -2.04. The van der Waals surface area contributed by atoms with Gasteiger partial charge in [-0.2, -0.15) is 0 Å². The van der Waals surface area contributed by atoms with Crippen LogP contribution in [0.5, 0.6) is 5.75 Å². The average Bonchev–Trinajstić information content (AvgIpc) is 2.46. The fourth-order valence-electron chi connectivity index (χ4n) is 1.91. The van der Waals surface area contributed by atoms with Crippen molar-refractivity contribution in [3.8, 4) is 5.75 Å². The van der Waals surface area contributed by atoms with Gasteiger partial charge in [-0.15, -0.1) is 0 Å². The minimum atomic E-state index is 0.0654. The van der Waals surface area contributed by atoms with E-state index in [2.05, 4.69) is 31.2 Å². The van der Waals surface area contributed by atoms with Gasteiger partial charge in [0.2, 0.25) is 0 Å². The Hall–Kier alpha value is -1.80. The molecular formula is C17H21NO. The monoisotopic (exact) mass is 255 g/mol. The Labute approximate surface area is 115 Å². The zero-order valence-electron chi connectivity index (χ0n) is 11.6. The van der Waals surface area contributed by atoms with Gasteiger partial charge in [-0.25, -0.2) is 0 Å². The molecule has 0 heterocycles. The van der Waals surface area contributed by atoms with Crippen LogP contribution < -0.4 is 10.5 Å². The molecule has 0 spiro atoms. The van der Waals surface area contributed by atoms with E-state index in [1.165, 1.54) is 11.1 Å². The van der Waals surface area contributed by atoms with Crippen molar-refractivity contribution in [1.82, 2.24) is 0 Å². The van der Waals surface area contributed by atoms with Crippen LogP contribution in [-0.2, 0) is 13.0 Å². The second-order valence-corrected chi connectivity index (χ2v) is 4.82. The van der Waals surface area contributed by atoms with Gasteiger partial charge < -0.3 is 10.5 Å². The van der Waals surface area contributed by atoms with E-state index in [1.54, 1.807) is 0 Å². The van der Waals surface area contributed by atoms with Gasteiger partial charge in [0, 0.05) is 6.04 Å². The van der Waals surface area contributed by atoms with E-state index in [1.807, 2.05) is 31.2 Å². The summed E-state index contributed by atoms with van der Waals surface area (Å²) in [7, 11) is 0. The van der Waals surface area contributed by atoms with E-state index in [0.717, 1.165) is 17.7 Å². The van der Waals surface area contributed by atoms with Crippen molar-refractivity contribution in [3.63, 3.8) is 0 Å². The van der Waals surface area contributed by atoms with Gasteiger partial charge in [-0.3, -0.25) is 0 Å². The highest BCUT2D eigenvalue weighted by molar-refractivity contribution is 5.29. The summed E-state index contributed by atoms with van der Waals surface area (Å²) in [6, 6.07) is 16.6. The van der Waals surface area contributed by atoms with E-state index in [0.29, 0.717) is 6.61 Å². The van der Waals surface area contributed by atoms with Gasteiger partial charge in [-0.05, 0) is 42.2 Å². The number of ether oxygens (including phenoxy) is 1. The molecular weight excluding hydrogens is 234 g/mol. The van der Waals surface area contributed by atoms with Crippen molar-refractivity contribution in [1.29, 1.82) is 0 Å². The molecule has 0 aliphatic rings. The quantitative estimate of drug-likeness (QED) is 0.880. The summed E-state index contributed by atoms with van der Waals surface area (Å²) in [5.74, 6) is 0.879. The summed E-state index contributed by atoms with van der Waals surface area (Å²) in [6.07, 6.45) is 1.07. The second-order valence-electron chi connectivity index (χ2n) is 4.82. The maximum atomic E-state index is 5.82. The van der Waals surface area contributed by atoms with Crippen LogP contribution in [0.15, 0.2) is 48.5 Å². The number of nitrogens with two attached hydrogens (primary N) is 1. The van der Waals surface area contributed by atoms with E-state index < -0.39 is 0 Å². The zero-order chi connectivity index (χ0) is 13.7. The van der Waals surface area contributed by atoms with E-state index >= 15 is 0 Å². The van der Waals surface area contributed by atoms with Crippen LogP contribution >= 0.6 is 0 Å². The van der Waals surface area contributed by atoms with Gasteiger partial charge in [0.15, 0.2) is 0 Å². The first-order valence-corrected chi connectivity index (χ1v) is 6.75. The molecule has 0 fully saturated rings. The Morgan fingerprint density at radius 2 is 1.53 bits per heavy atom. The van der Waals surface area contributed by atoms with Crippen LogP contribution in [-0.4, -0.2) is 0 Å². The Balaban J connectivity index is 1.94. The Bertz CT molecular complexity index is 500. The molecule has 2 aromatic rings. The molecule has 2 nitrogen and oxygen atoms in total. The van der Waals surface area contributed by atoms with Crippen molar-refractivity contribution in [2.75, 3.05) is 0 Å². The third kappa shape index (κ3) is 3.83. The Morgan fingerprint density at radius 1 is 0.947 bits per heavy atom. The van der Waals surface area contributed by atoms with E-state index in [4.69, 9.17) is 10.5 Å². The lowest BCUT2D eigenvalue weighted by atomic mass is 10.1. The maximum absolute atomic E-state index is 5.82. The van der Waals surface area contributed by atoms with Crippen LogP contribution in [0, 0.1) is 0 Å². The SMILES string of the molecule is CCc1ccc(COc2ccc([C@H](C)N)cc2)cc1. The largest absolute Gasteiger partial charge is 0.489 e. The summed E-state index contributed by atoms with van der Waals surface area (Å²) in [5, 5.41) is 0. The van der Waals surface area contributed by atoms with Gasteiger partial charge in [-0.1, -0.05) is 43.3 Å². The molecule has 0 saturated heterocycles. The molecule has 0 bridgehead atoms. The predicted octanol–water partition coefficient (Wildman–Crippen LogP) is 3.85. The topological polar surface area (TPSA) is 35.2 Å². The number of hydrogen-bond acceptors (Lipinski definition) is 2. The van der Waals surface area contributed by atoms with Gasteiger partial charge in [0.05, 0.1) is 0 Å². The smallest absolute Gasteiger partial charge is 0.119 e. The highest BCUT2D eigenvalue weighted by atomic mass is 16.5. The third-order valence-corrected chi connectivity index (χ3v) is 3.24. The molecule has 2 rings (SSSR count). The first kappa shape index (κ1) is 13.6. The molecule has 100 valence electrons. The van der Waals surface area contributed by atoms with Crippen molar-refractivity contribution >= 4 is 0 Å². The van der Waals surface area contributed by atoms with Gasteiger partial charge in [0.25, 0.3) is 0 Å². The van der Waals surface area contributed by atoms with Crippen LogP contribution in [0.4, 0.5) is 0 Å². The molecule has 0 unspecified atom stereocenters. The molecule has 0 amide bonds. The first-order chi connectivity index (χ1) is 9.19. The van der Waals surface area contributed by atoms with Gasteiger partial charge >= 0.3 is 0 Å². The molecule has 0 aliphatic carbocycles. The third-order valence-electron chi connectivity index (χ3n) is 3.24. The highest BCUT2D eigenvalue weighted by Crippen LogP contribution is 2.17. The van der Waals surface area contributed by atoms with E-state index in [-0.39, 0.29) is 6.04 Å². The molecule has 2 N–H and O–H groups in total. The van der Waals surface area contributed by atoms with Crippen LogP contribution in [0.2, 0.25) is 0 Å². The molecule has 0 radical (unpaired) electrons. The lowest BCUT2D eigenvalue weighted by Gasteiger charge is -2.09. The zero-order valence-corrected chi connectivity index (χ0v) is 11.6. The molecule has 19 heavy (non-hydrogen) atoms. The Kier molecular flexibility index (Phi) is 4.58. The van der Waals surface area contributed by atoms with Crippen LogP contribution in [0.1, 0.15) is 36.6 Å². The average molecular weight is 255 g/mol. The molecule has 1 atom stereocenters. The van der Waals surface area contributed by atoms with Crippen LogP contribution in [0.3, 0.4) is 0 Å². The molecule has 0 aromatic heterocycles. The summed E-state index contributed by atoms with van der Waals surface area (Å²) >= 11 is 0.